The highest BCUT2D eigenvalue weighted by Gasteiger charge is 2.44. The van der Waals surface area contributed by atoms with Crippen molar-refractivity contribution in [1.82, 2.24) is 14.5 Å². The Bertz CT molecular complexity index is 557. The van der Waals surface area contributed by atoms with E-state index in [4.69, 9.17) is 0 Å². The zero-order valence-corrected chi connectivity index (χ0v) is 10.8. The maximum absolute atomic E-state index is 12.1. The molecule has 2 N–H and O–H groups in total. The molecule has 0 unspecified atom stereocenters. The first kappa shape index (κ1) is 13.0. The van der Waals surface area contributed by atoms with Crippen molar-refractivity contribution in [2.45, 2.75) is 36.1 Å². The Labute approximate surface area is 105 Å². The van der Waals surface area contributed by atoms with Gasteiger partial charge in [0.25, 0.3) is 0 Å². The quantitative estimate of drug-likeness (QED) is 0.810. The van der Waals surface area contributed by atoms with Crippen LogP contribution in [0.4, 0.5) is 0 Å². The number of aromatic nitrogens is 2. The first-order valence-electron chi connectivity index (χ1n) is 5.62. The Morgan fingerprint density at radius 3 is 2.56 bits per heavy atom. The molecule has 0 amide bonds. The summed E-state index contributed by atoms with van der Waals surface area (Å²) in [5.41, 5.74) is -1.37. The van der Waals surface area contributed by atoms with Gasteiger partial charge in [0.1, 0.15) is 10.4 Å². The molecular formula is C10H15N3O4S. The number of nitrogens with zero attached hydrogens (tertiary/aromatic N) is 2. The number of carbonyl (C=O) groups is 1. The standard InChI is InChI=1S/C10H15N3O4S/c1-13-7-8(6-11-13)18(16,17)12-10(9(14)15)4-2-3-5-10/h6-7,12H,2-5H2,1H3,(H,14,15). The Hall–Kier alpha value is -1.41. The Morgan fingerprint density at radius 1 is 1.50 bits per heavy atom. The number of rotatable bonds is 4. The molecule has 0 saturated heterocycles. The molecule has 7 nitrogen and oxygen atoms in total. The number of sulfonamides is 1. The minimum atomic E-state index is -3.84. The Kier molecular flexibility index (Phi) is 3.16. The third-order valence-corrected chi connectivity index (χ3v) is 4.68. The molecule has 0 aliphatic heterocycles. The van der Waals surface area contributed by atoms with E-state index < -0.39 is 21.5 Å². The average Bonchev–Trinajstić information content (AvgIpc) is 2.87. The summed E-state index contributed by atoms with van der Waals surface area (Å²) in [6.45, 7) is 0. The van der Waals surface area contributed by atoms with Gasteiger partial charge < -0.3 is 5.11 Å². The van der Waals surface area contributed by atoms with Gasteiger partial charge in [0.2, 0.25) is 10.0 Å². The van der Waals surface area contributed by atoms with E-state index in [1.807, 2.05) is 0 Å². The first-order chi connectivity index (χ1) is 8.36. The van der Waals surface area contributed by atoms with Gasteiger partial charge in [-0.1, -0.05) is 12.8 Å². The second-order valence-corrected chi connectivity index (χ2v) is 6.23. The summed E-state index contributed by atoms with van der Waals surface area (Å²) in [6.07, 6.45) is 4.60. The lowest BCUT2D eigenvalue weighted by Gasteiger charge is -2.24. The van der Waals surface area contributed by atoms with Gasteiger partial charge in [0.15, 0.2) is 0 Å². The fourth-order valence-corrected chi connectivity index (χ4v) is 3.59. The monoisotopic (exact) mass is 273 g/mol. The van der Waals surface area contributed by atoms with Crippen LogP contribution in [0.1, 0.15) is 25.7 Å². The molecule has 1 heterocycles. The van der Waals surface area contributed by atoms with Crippen molar-refractivity contribution in [3.63, 3.8) is 0 Å². The van der Waals surface area contributed by atoms with Crippen LogP contribution < -0.4 is 4.72 Å². The maximum atomic E-state index is 12.1. The van der Waals surface area contributed by atoms with Crippen LogP contribution in [-0.2, 0) is 21.9 Å². The van der Waals surface area contributed by atoms with Gasteiger partial charge in [-0.2, -0.15) is 9.82 Å². The summed E-state index contributed by atoms with van der Waals surface area (Å²) >= 11 is 0. The van der Waals surface area contributed by atoms with Gasteiger partial charge in [-0.25, -0.2) is 8.42 Å². The minimum absolute atomic E-state index is 0.0162. The maximum Gasteiger partial charge on any atom is 0.324 e. The molecule has 8 heteroatoms. The SMILES string of the molecule is Cn1cc(S(=O)(=O)NC2(C(=O)O)CCCC2)cn1. The van der Waals surface area contributed by atoms with Crippen LogP contribution in [0.3, 0.4) is 0 Å². The molecule has 0 atom stereocenters. The van der Waals surface area contributed by atoms with Crippen molar-refractivity contribution in [3.8, 4) is 0 Å². The Morgan fingerprint density at radius 2 is 2.11 bits per heavy atom. The molecule has 18 heavy (non-hydrogen) atoms. The normalized spacial score (nSPS) is 18.9. The average molecular weight is 273 g/mol. The highest BCUT2D eigenvalue weighted by atomic mass is 32.2. The summed E-state index contributed by atoms with van der Waals surface area (Å²) in [4.78, 5) is 11.3. The zero-order chi connectivity index (χ0) is 13.4. The summed E-state index contributed by atoms with van der Waals surface area (Å²) in [7, 11) is -2.24. The number of nitrogens with one attached hydrogen (secondary N) is 1. The van der Waals surface area contributed by atoms with Crippen LogP contribution in [0, 0.1) is 0 Å². The van der Waals surface area contributed by atoms with Gasteiger partial charge in [0, 0.05) is 13.2 Å². The second kappa shape index (κ2) is 4.36. The van der Waals surface area contributed by atoms with Gasteiger partial charge in [-0.05, 0) is 12.8 Å². The van der Waals surface area contributed by atoms with E-state index >= 15 is 0 Å². The largest absolute Gasteiger partial charge is 0.480 e. The third-order valence-electron chi connectivity index (χ3n) is 3.19. The van der Waals surface area contributed by atoms with Crippen molar-refractivity contribution in [1.29, 1.82) is 0 Å². The van der Waals surface area contributed by atoms with E-state index in [1.165, 1.54) is 17.1 Å². The van der Waals surface area contributed by atoms with E-state index in [9.17, 15) is 18.3 Å². The van der Waals surface area contributed by atoms with Gasteiger partial charge in [-0.15, -0.1) is 0 Å². The molecule has 1 saturated carbocycles. The zero-order valence-electron chi connectivity index (χ0n) is 9.96. The molecule has 0 aromatic carbocycles. The smallest absolute Gasteiger partial charge is 0.324 e. The van der Waals surface area contributed by atoms with Crippen LogP contribution in [-0.4, -0.2) is 34.8 Å². The molecule has 0 radical (unpaired) electrons. The van der Waals surface area contributed by atoms with Gasteiger partial charge in [0.05, 0.1) is 6.20 Å². The predicted octanol–water partition coefficient (Wildman–Crippen LogP) is 0.0958. The van der Waals surface area contributed by atoms with Crippen molar-refractivity contribution in [2.24, 2.45) is 7.05 Å². The van der Waals surface area contributed by atoms with E-state index in [-0.39, 0.29) is 4.90 Å². The highest BCUT2D eigenvalue weighted by molar-refractivity contribution is 7.89. The molecule has 1 aromatic rings. The molecule has 1 aliphatic rings. The van der Waals surface area contributed by atoms with Crippen molar-refractivity contribution in [3.05, 3.63) is 12.4 Å². The third kappa shape index (κ3) is 2.25. The van der Waals surface area contributed by atoms with Crippen LogP contribution in [0.15, 0.2) is 17.3 Å². The summed E-state index contributed by atoms with van der Waals surface area (Å²) < 4.78 is 27.8. The molecule has 0 spiro atoms. The number of carboxylic acids is 1. The van der Waals surface area contributed by atoms with Crippen LogP contribution in [0.2, 0.25) is 0 Å². The predicted molar refractivity (Wildman–Crippen MR) is 62.4 cm³/mol. The van der Waals surface area contributed by atoms with Crippen molar-refractivity contribution >= 4 is 16.0 Å². The Balaban J connectivity index is 2.29. The van der Waals surface area contributed by atoms with E-state index in [0.717, 1.165) is 0 Å². The number of hydrogen-bond donors (Lipinski definition) is 2. The van der Waals surface area contributed by atoms with E-state index in [1.54, 1.807) is 7.05 Å². The fraction of sp³-hybridized carbons (Fsp3) is 0.600. The molecule has 2 rings (SSSR count). The van der Waals surface area contributed by atoms with Crippen LogP contribution >= 0.6 is 0 Å². The molecule has 1 aromatic heterocycles. The lowest BCUT2D eigenvalue weighted by Crippen LogP contribution is -2.52. The molecular weight excluding hydrogens is 258 g/mol. The lowest BCUT2D eigenvalue weighted by atomic mass is 10.0. The van der Waals surface area contributed by atoms with Gasteiger partial charge in [-0.3, -0.25) is 9.48 Å². The lowest BCUT2D eigenvalue weighted by molar-refractivity contribution is -0.143. The highest BCUT2D eigenvalue weighted by Crippen LogP contribution is 2.31. The summed E-state index contributed by atoms with van der Waals surface area (Å²) in [6, 6.07) is 0. The topological polar surface area (TPSA) is 101 Å². The molecule has 100 valence electrons. The number of carboxylic acid groups (broad SMARTS) is 1. The van der Waals surface area contributed by atoms with Crippen molar-refractivity contribution in [2.75, 3.05) is 0 Å². The molecule has 0 bridgehead atoms. The minimum Gasteiger partial charge on any atom is -0.480 e. The fourth-order valence-electron chi connectivity index (χ4n) is 2.19. The molecule has 1 fully saturated rings. The van der Waals surface area contributed by atoms with Crippen molar-refractivity contribution < 1.29 is 18.3 Å². The number of aryl methyl sites for hydroxylation is 1. The molecule has 1 aliphatic carbocycles. The van der Waals surface area contributed by atoms with Crippen LogP contribution in [0.5, 0.6) is 0 Å². The number of aliphatic carboxylic acids is 1. The second-order valence-electron chi connectivity index (χ2n) is 4.55. The van der Waals surface area contributed by atoms with E-state index in [0.29, 0.717) is 25.7 Å². The summed E-state index contributed by atoms with van der Waals surface area (Å²) in [5, 5.41) is 13.0. The van der Waals surface area contributed by atoms with Crippen LogP contribution in [0.25, 0.3) is 0 Å². The summed E-state index contributed by atoms with van der Waals surface area (Å²) in [5.74, 6) is -1.12. The number of hydrogen-bond acceptors (Lipinski definition) is 4. The van der Waals surface area contributed by atoms with E-state index in [2.05, 4.69) is 9.82 Å². The first-order valence-corrected chi connectivity index (χ1v) is 7.10. The van der Waals surface area contributed by atoms with Gasteiger partial charge >= 0.3 is 5.97 Å².